The van der Waals surface area contributed by atoms with E-state index < -0.39 is 60.2 Å². The number of benzene rings is 1. The number of carbonyl (C=O) groups excluding carboxylic acids is 3. The molecule has 7 N–H and O–H groups in total. The van der Waals surface area contributed by atoms with Crippen LogP contribution in [-0.4, -0.2) is 69.8 Å². The number of carboxylic acid groups (broad SMARTS) is 2. The van der Waals surface area contributed by atoms with Gasteiger partial charge in [-0.3, -0.25) is 19.2 Å². The Hall–Kier alpha value is -3.12. The SMILES string of the molecule is CC(NC(=O)C(CCC(=O)O)NC(=O)C(N)Cc1ccccc1)C(=O)NC(CS)C(=O)O. The molecular weight excluding hydrogens is 440 g/mol. The second-order valence-corrected chi connectivity index (χ2v) is 7.47. The number of hydrogen-bond acceptors (Lipinski definition) is 7. The van der Waals surface area contributed by atoms with Crippen molar-refractivity contribution in [3.05, 3.63) is 35.9 Å². The average Bonchev–Trinajstić information content (AvgIpc) is 2.74. The fourth-order valence-electron chi connectivity index (χ4n) is 2.64. The summed E-state index contributed by atoms with van der Waals surface area (Å²) in [6, 6.07) is 4.34. The summed E-state index contributed by atoms with van der Waals surface area (Å²) >= 11 is 3.84. The van der Waals surface area contributed by atoms with Gasteiger partial charge < -0.3 is 31.9 Å². The van der Waals surface area contributed by atoms with E-state index in [0.717, 1.165) is 5.56 Å². The molecule has 1 aromatic rings. The monoisotopic (exact) mass is 468 g/mol. The van der Waals surface area contributed by atoms with Gasteiger partial charge in [-0.05, 0) is 25.3 Å². The van der Waals surface area contributed by atoms with Crippen LogP contribution in [0.15, 0.2) is 30.3 Å². The minimum Gasteiger partial charge on any atom is -0.481 e. The normalized spacial score (nSPS) is 14.3. The minimum absolute atomic E-state index is 0.154. The van der Waals surface area contributed by atoms with Crippen LogP contribution in [0.25, 0.3) is 0 Å². The number of hydrogen-bond donors (Lipinski definition) is 7. The van der Waals surface area contributed by atoms with Gasteiger partial charge >= 0.3 is 11.9 Å². The Balaban J connectivity index is 2.78. The van der Waals surface area contributed by atoms with Gasteiger partial charge in [0, 0.05) is 12.2 Å². The summed E-state index contributed by atoms with van der Waals surface area (Å²) in [4.78, 5) is 59.2. The van der Waals surface area contributed by atoms with Crippen LogP contribution in [0, 0.1) is 0 Å². The molecule has 0 aliphatic heterocycles. The zero-order chi connectivity index (χ0) is 24.3. The molecule has 4 atom stereocenters. The maximum absolute atomic E-state index is 12.6. The number of thiol groups is 1. The lowest BCUT2D eigenvalue weighted by Crippen LogP contribution is -2.56. The zero-order valence-electron chi connectivity index (χ0n) is 17.5. The van der Waals surface area contributed by atoms with Crippen molar-refractivity contribution in [3.63, 3.8) is 0 Å². The molecule has 0 fully saturated rings. The first-order valence-corrected chi connectivity index (χ1v) is 10.4. The Bertz CT molecular complexity index is 821. The van der Waals surface area contributed by atoms with E-state index in [0.29, 0.717) is 0 Å². The maximum atomic E-state index is 12.6. The molecule has 32 heavy (non-hydrogen) atoms. The number of carbonyl (C=O) groups is 5. The molecule has 0 saturated heterocycles. The number of nitrogens with two attached hydrogens (primary N) is 1. The summed E-state index contributed by atoms with van der Waals surface area (Å²) in [5.41, 5.74) is 6.72. The molecule has 176 valence electrons. The molecule has 1 aromatic carbocycles. The van der Waals surface area contributed by atoms with Crippen LogP contribution < -0.4 is 21.7 Å². The van der Waals surface area contributed by atoms with Gasteiger partial charge in [0.1, 0.15) is 18.1 Å². The van der Waals surface area contributed by atoms with Crippen LogP contribution in [0.3, 0.4) is 0 Å². The van der Waals surface area contributed by atoms with Gasteiger partial charge in [0.15, 0.2) is 0 Å². The highest BCUT2D eigenvalue weighted by Gasteiger charge is 2.28. The summed E-state index contributed by atoms with van der Waals surface area (Å²) in [5.74, 6) is -4.84. The van der Waals surface area contributed by atoms with E-state index in [9.17, 15) is 24.0 Å². The summed E-state index contributed by atoms with van der Waals surface area (Å²) in [6.45, 7) is 1.32. The number of rotatable bonds is 13. The van der Waals surface area contributed by atoms with Crippen LogP contribution in [0.5, 0.6) is 0 Å². The van der Waals surface area contributed by atoms with E-state index in [-0.39, 0.29) is 18.6 Å². The molecule has 11 nitrogen and oxygen atoms in total. The first-order valence-electron chi connectivity index (χ1n) is 9.81. The topological polar surface area (TPSA) is 188 Å². The largest absolute Gasteiger partial charge is 0.481 e. The Kier molecular flexibility index (Phi) is 11.2. The van der Waals surface area contributed by atoms with Crippen LogP contribution in [0.4, 0.5) is 0 Å². The fourth-order valence-corrected chi connectivity index (χ4v) is 2.89. The third-order valence-electron chi connectivity index (χ3n) is 4.46. The molecule has 1 rings (SSSR count). The van der Waals surface area contributed by atoms with Gasteiger partial charge in [-0.25, -0.2) is 4.79 Å². The summed E-state index contributed by atoms with van der Waals surface area (Å²) < 4.78 is 0. The van der Waals surface area contributed by atoms with Gasteiger partial charge in [-0.15, -0.1) is 0 Å². The van der Waals surface area contributed by atoms with Crippen molar-refractivity contribution in [2.24, 2.45) is 5.73 Å². The van der Waals surface area contributed by atoms with Crippen molar-refractivity contribution in [2.75, 3.05) is 5.75 Å². The first-order chi connectivity index (χ1) is 15.0. The predicted octanol–water partition coefficient (Wildman–Crippen LogP) is -1.09. The molecule has 0 saturated carbocycles. The average molecular weight is 469 g/mol. The standard InChI is InChI=1S/C20H28N4O7S/c1-11(17(27)24-15(10-32)20(30)31)22-19(29)14(7-8-16(25)26)23-18(28)13(21)9-12-5-3-2-4-6-12/h2-6,11,13-15,32H,7-10,21H2,1H3,(H,22,29)(H,23,28)(H,24,27)(H,25,26)(H,30,31). The van der Waals surface area contributed by atoms with E-state index in [1.165, 1.54) is 6.92 Å². The minimum atomic E-state index is -1.29. The summed E-state index contributed by atoms with van der Waals surface area (Å²) in [7, 11) is 0. The number of aliphatic carboxylic acids is 2. The molecule has 0 aromatic heterocycles. The maximum Gasteiger partial charge on any atom is 0.327 e. The van der Waals surface area contributed by atoms with Crippen LogP contribution in [0.1, 0.15) is 25.3 Å². The summed E-state index contributed by atoms with van der Waals surface area (Å²) in [5, 5.41) is 24.9. The molecular formula is C20H28N4O7S. The Labute approximate surface area is 190 Å². The molecule has 0 bridgehead atoms. The first kappa shape index (κ1) is 26.9. The molecule has 0 spiro atoms. The highest BCUT2D eigenvalue weighted by molar-refractivity contribution is 7.80. The van der Waals surface area contributed by atoms with E-state index in [2.05, 4.69) is 28.6 Å². The number of amides is 3. The third kappa shape index (κ3) is 9.35. The highest BCUT2D eigenvalue weighted by Crippen LogP contribution is 2.04. The number of carboxylic acids is 2. The molecule has 0 heterocycles. The van der Waals surface area contributed by atoms with Gasteiger partial charge in [0.2, 0.25) is 17.7 Å². The van der Waals surface area contributed by atoms with Crippen LogP contribution in [0.2, 0.25) is 0 Å². The van der Waals surface area contributed by atoms with Gasteiger partial charge in [0.25, 0.3) is 0 Å². The Morgan fingerprint density at radius 3 is 2.06 bits per heavy atom. The second kappa shape index (κ2) is 13.3. The molecule has 3 amide bonds. The predicted molar refractivity (Wildman–Crippen MR) is 118 cm³/mol. The van der Waals surface area contributed by atoms with Crippen LogP contribution in [-0.2, 0) is 30.4 Å². The summed E-state index contributed by atoms with van der Waals surface area (Å²) in [6.07, 6.45) is -0.430. The van der Waals surface area contributed by atoms with Gasteiger partial charge in [-0.1, -0.05) is 30.3 Å². The van der Waals surface area contributed by atoms with Gasteiger partial charge in [-0.2, -0.15) is 12.6 Å². The lowest BCUT2D eigenvalue weighted by molar-refractivity contribution is -0.141. The quantitative estimate of drug-likeness (QED) is 0.178. The molecule has 0 aliphatic rings. The van der Waals surface area contributed by atoms with Crippen LogP contribution >= 0.6 is 12.6 Å². The van der Waals surface area contributed by atoms with Gasteiger partial charge in [0.05, 0.1) is 6.04 Å². The van der Waals surface area contributed by atoms with E-state index >= 15 is 0 Å². The molecule has 0 radical (unpaired) electrons. The van der Waals surface area contributed by atoms with E-state index in [1.807, 2.05) is 6.07 Å². The third-order valence-corrected chi connectivity index (χ3v) is 4.83. The number of nitrogens with one attached hydrogen (secondary N) is 3. The fraction of sp³-hybridized carbons (Fsp3) is 0.450. The van der Waals surface area contributed by atoms with Crippen molar-refractivity contribution < 1.29 is 34.2 Å². The molecule has 0 aliphatic carbocycles. The Morgan fingerprint density at radius 2 is 1.53 bits per heavy atom. The Morgan fingerprint density at radius 1 is 0.938 bits per heavy atom. The van der Waals surface area contributed by atoms with Crippen molar-refractivity contribution in [3.8, 4) is 0 Å². The second-order valence-electron chi connectivity index (χ2n) is 7.10. The molecule has 4 unspecified atom stereocenters. The zero-order valence-corrected chi connectivity index (χ0v) is 18.4. The van der Waals surface area contributed by atoms with Crippen molar-refractivity contribution >= 4 is 42.3 Å². The lowest BCUT2D eigenvalue weighted by Gasteiger charge is -2.23. The van der Waals surface area contributed by atoms with Crippen molar-refractivity contribution in [1.82, 2.24) is 16.0 Å². The smallest absolute Gasteiger partial charge is 0.327 e. The molecule has 12 heteroatoms. The van der Waals surface area contributed by atoms with Crippen molar-refractivity contribution in [1.29, 1.82) is 0 Å². The highest BCUT2D eigenvalue weighted by atomic mass is 32.1. The van der Waals surface area contributed by atoms with Crippen molar-refractivity contribution in [2.45, 2.75) is 50.4 Å². The lowest BCUT2D eigenvalue weighted by atomic mass is 10.0. The van der Waals surface area contributed by atoms with E-state index in [1.54, 1.807) is 24.3 Å². The van der Waals surface area contributed by atoms with E-state index in [4.69, 9.17) is 15.9 Å².